The van der Waals surface area contributed by atoms with Crippen LogP contribution < -0.4 is 10.6 Å². The van der Waals surface area contributed by atoms with Gasteiger partial charge in [-0.3, -0.25) is 4.99 Å². The second-order valence-corrected chi connectivity index (χ2v) is 9.44. The zero-order valence-electron chi connectivity index (χ0n) is 14.4. The van der Waals surface area contributed by atoms with E-state index in [4.69, 9.17) is 0 Å². The molecule has 7 heteroatoms. The van der Waals surface area contributed by atoms with Gasteiger partial charge in [-0.2, -0.15) is 0 Å². The van der Waals surface area contributed by atoms with Crippen LogP contribution in [-0.2, 0) is 9.84 Å². The van der Waals surface area contributed by atoms with Gasteiger partial charge in [-0.1, -0.05) is 33.1 Å². The third-order valence-corrected chi connectivity index (χ3v) is 6.28. The molecule has 0 bridgehead atoms. The molecule has 1 unspecified atom stereocenters. The van der Waals surface area contributed by atoms with Gasteiger partial charge in [0.2, 0.25) is 0 Å². The Morgan fingerprint density at radius 1 is 1.17 bits per heavy atom. The van der Waals surface area contributed by atoms with Gasteiger partial charge in [0.1, 0.15) is 0 Å². The lowest BCUT2D eigenvalue weighted by Gasteiger charge is -2.25. The SMILES string of the molecule is CC(C)CN=C(NCC1CCS(=O)(=O)C1)NC1CCCCC1.I. The van der Waals surface area contributed by atoms with Crippen molar-refractivity contribution in [2.45, 2.75) is 58.4 Å². The Morgan fingerprint density at radius 3 is 2.43 bits per heavy atom. The van der Waals surface area contributed by atoms with Crippen LogP contribution in [0.4, 0.5) is 0 Å². The van der Waals surface area contributed by atoms with E-state index in [1.807, 2.05) is 0 Å². The third kappa shape index (κ3) is 8.05. The number of nitrogens with one attached hydrogen (secondary N) is 2. The van der Waals surface area contributed by atoms with E-state index in [0.29, 0.717) is 30.0 Å². The molecule has 0 amide bonds. The predicted octanol–water partition coefficient (Wildman–Crippen LogP) is 2.56. The van der Waals surface area contributed by atoms with Crippen LogP contribution in [0.1, 0.15) is 52.4 Å². The number of sulfone groups is 1. The molecule has 2 fully saturated rings. The normalized spacial score (nSPS) is 25.2. The molecule has 136 valence electrons. The van der Waals surface area contributed by atoms with E-state index in [0.717, 1.165) is 18.9 Å². The Kier molecular flexibility index (Phi) is 9.18. The number of hydrogen-bond acceptors (Lipinski definition) is 3. The minimum Gasteiger partial charge on any atom is -0.356 e. The van der Waals surface area contributed by atoms with Crippen LogP contribution in [0.3, 0.4) is 0 Å². The molecule has 1 heterocycles. The summed E-state index contributed by atoms with van der Waals surface area (Å²) in [6.07, 6.45) is 7.10. The Labute approximate surface area is 158 Å². The Morgan fingerprint density at radius 2 is 1.87 bits per heavy atom. The molecular formula is C16H32IN3O2S. The van der Waals surface area contributed by atoms with Gasteiger partial charge in [0.25, 0.3) is 0 Å². The lowest BCUT2D eigenvalue weighted by molar-refractivity contribution is 0.408. The first-order valence-electron chi connectivity index (χ1n) is 8.70. The van der Waals surface area contributed by atoms with E-state index in [1.165, 1.54) is 32.1 Å². The van der Waals surface area contributed by atoms with Crippen molar-refractivity contribution in [3.05, 3.63) is 0 Å². The number of rotatable bonds is 5. The summed E-state index contributed by atoms with van der Waals surface area (Å²) in [7, 11) is -2.80. The highest BCUT2D eigenvalue weighted by atomic mass is 127. The number of aliphatic imine (C=N–C) groups is 1. The van der Waals surface area contributed by atoms with Crippen LogP contribution in [0.25, 0.3) is 0 Å². The molecular weight excluding hydrogens is 425 g/mol. The molecule has 2 rings (SSSR count). The quantitative estimate of drug-likeness (QED) is 0.378. The Balaban J connectivity index is 0.00000264. The first kappa shape index (κ1) is 21.0. The van der Waals surface area contributed by atoms with Crippen LogP contribution in [-0.4, -0.2) is 45.0 Å². The highest BCUT2D eigenvalue weighted by Crippen LogP contribution is 2.18. The second kappa shape index (κ2) is 10.1. The summed E-state index contributed by atoms with van der Waals surface area (Å²) in [5, 5.41) is 6.92. The molecule has 23 heavy (non-hydrogen) atoms. The molecule has 0 radical (unpaired) electrons. The average Bonchev–Trinajstić information content (AvgIpc) is 2.82. The molecule has 1 aliphatic heterocycles. The minimum atomic E-state index is -2.80. The van der Waals surface area contributed by atoms with Crippen LogP contribution in [0.5, 0.6) is 0 Å². The Hall–Kier alpha value is -0.0500. The van der Waals surface area contributed by atoms with Crippen molar-refractivity contribution in [2.24, 2.45) is 16.8 Å². The molecule has 5 nitrogen and oxygen atoms in total. The smallest absolute Gasteiger partial charge is 0.191 e. The number of nitrogens with zero attached hydrogens (tertiary/aromatic N) is 1. The average molecular weight is 457 g/mol. The maximum Gasteiger partial charge on any atom is 0.191 e. The van der Waals surface area contributed by atoms with Crippen LogP contribution in [0.2, 0.25) is 0 Å². The van der Waals surface area contributed by atoms with Gasteiger partial charge in [0.15, 0.2) is 15.8 Å². The summed E-state index contributed by atoms with van der Waals surface area (Å²) < 4.78 is 23.1. The fourth-order valence-corrected chi connectivity index (χ4v) is 5.00. The van der Waals surface area contributed by atoms with Gasteiger partial charge in [-0.25, -0.2) is 8.42 Å². The molecule has 1 atom stereocenters. The summed E-state index contributed by atoms with van der Waals surface area (Å²) in [5.74, 6) is 2.28. The van der Waals surface area contributed by atoms with E-state index < -0.39 is 9.84 Å². The Bertz CT molecular complexity index is 474. The summed E-state index contributed by atoms with van der Waals surface area (Å²) >= 11 is 0. The number of hydrogen-bond donors (Lipinski definition) is 2. The van der Waals surface area contributed by atoms with Crippen LogP contribution in [0.15, 0.2) is 4.99 Å². The van der Waals surface area contributed by atoms with Crippen molar-refractivity contribution in [3.8, 4) is 0 Å². The third-order valence-electron chi connectivity index (χ3n) is 4.45. The van der Waals surface area contributed by atoms with Gasteiger partial charge in [-0.05, 0) is 31.1 Å². The first-order valence-corrected chi connectivity index (χ1v) is 10.5. The topological polar surface area (TPSA) is 70.6 Å². The molecule has 0 aromatic carbocycles. The summed E-state index contributed by atoms with van der Waals surface area (Å²) in [6.45, 7) is 5.82. The standard InChI is InChI=1S/C16H31N3O2S.HI/c1-13(2)10-17-16(19-15-6-4-3-5-7-15)18-11-14-8-9-22(20,21)12-14;/h13-15H,3-12H2,1-2H3,(H2,17,18,19);1H. The summed E-state index contributed by atoms with van der Waals surface area (Å²) in [5.41, 5.74) is 0. The van der Waals surface area contributed by atoms with E-state index in [-0.39, 0.29) is 29.9 Å². The maximum atomic E-state index is 11.5. The zero-order valence-corrected chi connectivity index (χ0v) is 17.5. The minimum absolute atomic E-state index is 0. The molecule has 1 saturated heterocycles. The van der Waals surface area contributed by atoms with Crippen LogP contribution >= 0.6 is 24.0 Å². The number of guanidine groups is 1. The monoisotopic (exact) mass is 457 g/mol. The zero-order chi connectivity index (χ0) is 16.0. The number of halogens is 1. The van der Waals surface area contributed by atoms with Crippen molar-refractivity contribution >= 4 is 39.8 Å². The predicted molar refractivity (Wildman–Crippen MR) is 107 cm³/mol. The molecule has 1 aliphatic carbocycles. The highest BCUT2D eigenvalue weighted by molar-refractivity contribution is 14.0. The van der Waals surface area contributed by atoms with Gasteiger partial charge in [0.05, 0.1) is 11.5 Å². The lowest BCUT2D eigenvalue weighted by atomic mass is 9.96. The molecule has 0 aromatic heterocycles. The molecule has 1 saturated carbocycles. The van der Waals surface area contributed by atoms with Crippen molar-refractivity contribution in [1.82, 2.24) is 10.6 Å². The largest absolute Gasteiger partial charge is 0.356 e. The first-order chi connectivity index (χ1) is 10.4. The van der Waals surface area contributed by atoms with Crippen molar-refractivity contribution < 1.29 is 8.42 Å². The van der Waals surface area contributed by atoms with Crippen molar-refractivity contribution in [1.29, 1.82) is 0 Å². The van der Waals surface area contributed by atoms with E-state index >= 15 is 0 Å². The molecule has 2 aliphatic rings. The summed E-state index contributed by atoms with van der Waals surface area (Å²) in [4.78, 5) is 4.66. The fraction of sp³-hybridized carbons (Fsp3) is 0.938. The fourth-order valence-electron chi connectivity index (χ4n) is 3.14. The maximum absolute atomic E-state index is 11.5. The van der Waals surface area contributed by atoms with E-state index in [1.54, 1.807) is 0 Å². The van der Waals surface area contributed by atoms with Gasteiger partial charge in [0, 0.05) is 19.1 Å². The van der Waals surface area contributed by atoms with Gasteiger partial charge >= 0.3 is 0 Å². The van der Waals surface area contributed by atoms with Crippen molar-refractivity contribution in [3.63, 3.8) is 0 Å². The van der Waals surface area contributed by atoms with Gasteiger partial charge < -0.3 is 10.6 Å². The van der Waals surface area contributed by atoms with E-state index in [9.17, 15) is 8.42 Å². The molecule has 2 N–H and O–H groups in total. The lowest BCUT2D eigenvalue weighted by Crippen LogP contribution is -2.46. The summed E-state index contributed by atoms with van der Waals surface area (Å²) in [6, 6.07) is 0.513. The van der Waals surface area contributed by atoms with Crippen molar-refractivity contribution in [2.75, 3.05) is 24.6 Å². The van der Waals surface area contributed by atoms with Gasteiger partial charge in [-0.15, -0.1) is 24.0 Å². The highest BCUT2D eigenvalue weighted by Gasteiger charge is 2.28. The second-order valence-electron chi connectivity index (χ2n) is 7.21. The molecule has 0 aromatic rings. The van der Waals surface area contributed by atoms with E-state index in [2.05, 4.69) is 29.5 Å². The molecule has 0 spiro atoms. The van der Waals surface area contributed by atoms with Crippen LogP contribution in [0, 0.1) is 11.8 Å².